The van der Waals surface area contributed by atoms with Crippen molar-refractivity contribution in [1.29, 1.82) is 0 Å². The molecule has 0 atom stereocenters. The topological polar surface area (TPSA) is 42.4 Å². The fourth-order valence-corrected chi connectivity index (χ4v) is 4.39. The van der Waals surface area contributed by atoms with E-state index in [2.05, 4.69) is 25.1 Å². The fraction of sp³-hybridized carbons (Fsp3) is 0.391. The maximum atomic E-state index is 12.1. The summed E-state index contributed by atoms with van der Waals surface area (Å²) in [5.41, 5.74) is 8.56. The number of piperidine rings is 1. The molecule has 0 N–H and O–H groups in total. The van der Waals surface area contributed by atoms with Crippen molar-refractivity contribution in [1.82, 2.24) is 9.88 Å². The van der Waals surface area contributed by atoms with Crippen LogP contribution in [0.15, 0.2) is 36.0 Å². The third kappa shape index (κ3) is 3.53. The van der Waals surface area contributed by atoms with Crippen LogP contribution >= 0.6 is 11.6 Å². The van der Waals surface area contributed by atoms with E-state index >= 15 is 0 Å². The van der Waals surface area contributed by atoms with Gasteiger partial charge in [0, 0.05) is 29.9 Å². The molecule has 146 valence electrons. The summed E-state index contributed by atoms with van der Waals surface area (Å²) in [7, 11) is 0. The smallest absolute Gasteiger partial charge is 0.409 e. The van der Waals surface area contributed by atoms with Crippen LogP contribution in [0.25, 0.3) is 5.57 Å². The highest BCUT2D eigenvalue weighted by molar-refractivity contribution is 6.31. The second kappa shape index (κ2) is 7.96. The van der Waals surface area contributed by atoms with Gasteiger partial charge in [0.15, 0.2) is 0 Å². The van der Waals surface area contributed by atoms with Gasteiger partial charge in [0.2, 0.25) is 0 Å². The molecule has 1 aromatic carbocycles. The predicted molar refractivity (Wildman–Crippen MR) is 112 cm³/mol. The lowest BCUT2D eigenvalue weighted by Gasteiger charge is -2.29. The third-order valence-corrected chi connectivity index (χ3v) is 6.10. The van der Waals surface area contributed by atoms with Crippen LogP contribution in [0.3, 0.4) is 0 Å². The largest absolute Gasteiger partial charge is 0.450 e. The average molecular weight is 397 g/mol. The SMILES string of the molecule is CCOC(=O)N1CCC(=C2c3cc(Cl)c(C)cc3CCc3cccnc32)CC1. The second-order valence-electron chi connectivity index (χ2n) is 7.43. The third-order valence-electron chi connectivity index (χ3n) is 5.69. The number of hydrogen-bond donors (Lipinski definition) is 0. The molecule has 5 heteroatoms. The van der Waals surface area contributed by atoms with Crippen LogP contribution in [0.5, 0.6) is 0 Å². The van der Waals surface area contributed by atoms with Gasteiger partial charge in [-0.25, -0.2) is 4.79 Å². The first-order valence-electron chi connectivity index (χ1n) is 9.96. The highest BCUT2D eigenvalue weighted by Crippen LogP contribution is 2.39. The number of benzene rings is 1. The van der Waals surface area contributed by atoms with E-state index in [0.717, 1.165) is 42.0 Å². The van der Waals surface area contributed by atoms with Crippen LogP contribution in [-0.2, 0) is 17.6 Å². The van der Waals surface area contributed by atoms with E-state index in [1.165, 1.54) is 27.8 Å². The monoisotopic (exact) mass is 396 g/mol. The van der Waals surface area contributed by atoms with Crippen molar-refractivity contribution in [3.05, 3.63) is 69.0 Å². The van der Waals surface area contributed by atoms with Crippen LogP contribution in [0, 0.1) is 6.92 Å². The van der Waals surface area contributed by atoms with Gasteiger partial charge in [-0.3, -0.25) is 4.98 Å². The van der Waals surface area contributed by atoms with E-state index in [4.69, 9.17) is 21.3 Å². The number of amides is 1. The molecule has 0 radical (unpaired) electrons. The Kier molecular flexibility index (Phi) is 5.40. The Bertz CT molecular complexity index is 942. The van der Waals surface area contributed by atoms with Crippen molar-refractivity contribution >= 4 is 23.3 Å². The summed E-state index contributed by atoms with van der Waals surface area (Å²) in [6.45, 7) is 5.66. The van der Waals surface area contributed by atoms with Crippen molar-refractivity contribution in [2.75, 3.05) is 19.7 Å². The van der Waals surface area contributed by atoms with Gasteiger partial charge in [-0.15, -0.1) is 0 Å². The van der Waals surface area contributed by atoms with Crippen LogP contribution in [0.4, 0.5) is 4.79 Å². The molecule has 2 aromatic rings. The standard InChI is InChI=1S/C23H25ClN2O2/c1-3-28-23(27)26-11-8-16(9-12-26)21-19-14-20(24)15(2)13-18(19)7-6-17-5-4-10-25-22(17)21/h4-5,10,13-14H,3,6-9,11-12H2,1-2H3. The number of hydrogen-bond acceptors (Lipinski definition) is 3. The van der Waals surface area contributed by atoms with Gasteiger partial charge in [0.1, 0.15) is 0 Å². The number of ether oxygens (including phenoxy) is 1. The van der Waals surface area contributed by atoms with Gasteiger partial charge in [-0.05, 0) is 73.9 Å². The molecule has 1 aliphatic carbocycles. The molecule has 28 heavy (non-hydrogen) atoms. The molecule has 1 aliphatic heterocycles. The lowest BCUT2D eigenvalue weighted by molar-refractivity contribution is 0.104. The Morgan fingerprint density at radius 3 is 2.68 bits per heavy atom. The van der Waals surface area contributed by atoms with E-state index in [1.807, 2.05) is 19.2 Å². The highest BCUT2D eigenvalue weighted by Gasteiger charge is 2.27. The van der Waals surface area contributed by atoms with Gasteiger partial charge in [-0.2, -0.15) is 0 Å². The summed E-state index contributed by atoms with van der Waals surface area (Å²) >= 11 is 6.52. The van der Waals surface area contributed by atoms with Crippen molar-refractivity contribution in [3.63, 3.8) is 0 Å². The maximum Gasteiger partial charge on any atom is 0.409 e. The summed E-state index contributed by atoms with van der Waals surface area (Å²) in [4.78, 5) is 18.6. The molecule has 2 aliphatic rings. The van der Waals surface area contributed by atoms with Gasteiger partial charge in [0.25, 0.3) is 0 Å². The van der Waals surface area contributed by atoms with Crippen LogP contribution in [0.1, 0.15) is 47.7 Å². The number of halogens is 1. The number of rotatable bonds is 1. The van der Waals surface area contributed by atoms with E-state index in [-0.39, 0.29) is 6.09 Å². The molecule has 2 heterocycles. The first-order valence-corrected chi connectivity index (χ1v) is 10.3. The van der Waals surface area contributed by atoms with E-state index < -0.39 is 0 Å². The molecular formula is C23H25ClN2O2. The summed E-state index contributed by atoms with van der Waals surface area (Å²) in [5, 5.41) is 0.792. The number of aromatic nitrogens is 1. The van der Waals surface area contributed by atoms with Crippen molar-refractivity contribution in [2.45, 2.75) is 39.5 Å². The van der Waals surface area contributed by atoms with E-state index in [0.29, 0.717) is 19.7 Å². The number of likely N-dealkylation sites (tertiary alicyclic amines) is 1. The van der Waals surface area contributed by atoms with E-state index in [1.54, 1.807) is 4.90 Å². The molecule has 0 spiro atoms. The molecule has 1 amide bonds. The summed E-state index contributed by atoms with van der Waals surface area (Å²) < 4.78 is 5.16. The summed E-state index contributed by atoms with van der Waals surface area (Å²) in [6, 6.07) is 8.52. The number of nitrogens with zero attached hydrogens (tertiary/aromatic N) is 2. The Balaban J connectivity index is 1.79. The molecule has 0 bridgehead atoms. The number of pyridine rings is 1. The van der Waals surface area contributed by atoms with E-state index in [9.17, 15) is 4.79 Å². The lowest BCUT2D eigenvalue weighted by atomic mass is 9.88. The lowest BCUT2D eigenvalue weighted by Crippen LogP contribution is -2.37. The van der Waals surface area contributed by atoms with Gasteiger partial charge in [-0.1, -0.05) is 29.3 Å². The van der Waals surface area contributed by atoms with Gasteiger partial charge >= 0.3 is 6.09 Å². The zero-order valence-corrected chi connectivity index (χ0v) is 17.2. The molecule has 0 saturated carbocycles. The van der Waals surface area contributed by atoms with Crippen molar-refractivity contribution < 1.29 is 9.53 Å². The zero-order chi connectivity index (χ0) is 19.7. The predicted octanol–water partition coefficient (Wildman–Crippen LogP) is 5.20. The fourth-order valence-electron chi connectivity index (χ4n) is 4.23. The minimum absolute atomic E-state index is 0.218. The number of carbonyl (C=O) groups excluding carboxylic acids is 1. The van der Waals surface area contributed by atoms with Gasteiger partial charge < -0.3 is 9.64 Å². The summed E-state index contributed by atoms with van der Waals surface area (Å²) in [5.74, 6) is 0. The van der Waals surface area contributed by atoms with Crippen molar-refractivity contribution in [2.24, 2.45) is 0 Å². The first-order chi connectivity index (χ1) is 13.6. The number of fused-ring (bicyclic) bond motifs is 2. The van der Waals surface area contributed by atoms with Crippen molar-refractivity contribution in [3.8, 4) is 0 Å². The Hall–Kier alpha value is -2.33. The molecule has 4 nitrogen and oxygen atoms in total. The quantitative estimate of drug-likeness (QED) is 0.665. The maximum absolute atomic E-state index is 12.1. The minimum atomic E-state index is -0.218. The number of carbonyl (C=O) groups is 1. The summed E-state index contributed by atoms with van der Waals surface area (Å²) in [6.07, 6.45) is 5.27. The zero-order valence-electron chi connectivity index (χ0n) is 16.4. The van der Waals surface area contributed by atoms with Crippen LogP contribution in [-0.4, -0.2) is 35.7 Å². The second-order valence-corrected chi connectivity index (χ2v) is 7.84. The van der Waals surface area contributed by atoms with Crippen LogP contribution < -0.4 is 0 Å². The molecule has 1 aromatic heterocycles. The molecular weight excluding hydrogens is 372 g/mol. The molecule has 4 rings (SSSR count). The number of aryl methyl sites for hydroxylation is 3. The van der Waals surface area contributed by atoms with Gasteiger partial charge in [0.05, 0.1) is 12.3 Å². The Morgan fingerprint density at radius 2 is 1.93 bits per heavy atom. The normalized spacial score (nSPS) is 16.3. The van der Waals surface area contributed by atoms with Crippen LogP contribution in [0.2, 0.25) is 5.02 Å². The average Bonchev–Trinajstić information content (AvgIpc) is 2.86. The molecule has 0 unspecified atom stereocenters. The Labute approximate surface area is 171 Å². The molecule has 1 fully saturated rings. The first kappa shape index (κ1) is 19.0. The molecule has 1 saturated heterocycles. The highest BCUT2D eigenvalue weighted by atomic mass is 35.5. The minimum Gasteiger partial charge on any atom is -0.450 e. The Morgan fingerprint density at radius 1 is 1.18 bits per heavy atom.